The number of nitrogens with zero attached hydrogens (tertiary/aromatic N) is 3. The third-order valence-electron chi connectivity index (χ3n) is 3.40. The number of hydrogen-bond acceptors (Lipinski definition) is 6. The Morgan fingerprint density at radius 1 is 1.43 bits per heavy atom. The highest BCUT2D eigenvalue weighted by atomic mass is 32.1. The number of carbonyl (C=O) groups is 1. The van der Waals surface area contributed by atoms with Crippen LogP contribution in [0.4, 0.5) is 10.9 Å². The summed E-state index contributed by atoms with van der Waals surface area (Å²) in [6, 6.07) is 3.76. The fraction of sp³-hybridized carbons (Fsp3) is 0.357. The molecule has 2 aromatic heterocycles. The van der Waals surface area contributed by atoms with E-state index in [0.29, 0.717) is 17.2 Å². The minimum absolute atomic E-state index is 0.181. The summed E-state index contributed by atoms with van der Waals surface area (Å²) in [5.41, 5.74) is 6.83. The van der Waals surface area contributed by atoms with Crippen LogP contribution in [0.2, 0.25) is 0 Å². The van der Waals surface area contributed by atoms with Crippen LogP contribution in [0.1, 0.15) is 28.1 Å². The summed E-state index contributed by atoms with van der Waals surface area (Å²) in [4.78, 5) is 23.2. The zero-order chi connectivity index (χ0) is 14.7. The van der Waals surface area contributed by atoms with Gasteiger partial charge in [-0.05, 0) is 24.5 Å². The number of amides is 1. The number of rotatable bonds is 4. The molecule has 0 radical (unpaired) electrons. The number of pyridine rings is 1. The van der Waals surface area contributed by atoms with Gasteiger partial charge in [-0.3, -0.25) is 9.78 Å². The molecule has 3 rings (SSSR count). The van der Waals surface area contributed by atoms with Crippen LogP contribution in [0.5, 0.6) is 0 Å². The number of nitrogen functional groups attached to an aromatic ring is 1. The molecule has 1 aliphatic rings. The van der Waals surface area contributed by atoms with Crippen molar-refractivity contribution in [1.82, 2.24) is 15.3 Å². The van der Waals surface area contributed by atoms with Crippen LogP contribution in [0.15, 0.2) is 24.5 Å². The minimum atomic E-state index is -0.181. The van der Waals surface area contributed by atoms with Crippen molar-refractivity contribution in [2.75, 3.05) is 23.7 Å². The molecule has 3 heterocycles. The monoisotopic (exact) mass is 303 g/mol. The number of thiazole rings is 1. The lowest BCUT2D eigenvalue weighted by atomic mass is 10.3. The third-order valence-corrected chi connectivity index (χ3v) is 4.53. The first-order chi connectivity index (χ1) is 10.2. The van der Waals surface area contributed by atoms with Crippen LogP contribution in [0.3, 0.4) is 0 Å². The van der Waals surface area contributed by atoms with Crippen molar-refractivity contribution < 1.29 is 4.79 Å². The van der Waals surface area contributed by atoms with Crippen LogP contribution in [0.25, 0.3) is 0 Å². The SMILES string of the molecule is Nc1nc(N2CCCC2)sc1C(=O)NCc1cccnc1. The molecule has 0 unspecified atom stereocenters. The second-order valence-corrected chi connectivity index (χ2v) is 5.93. The van der Waals surface area contributed by atoms with Crippen molar-refractivity contribution in [3.8, 4) is 0 Å². The molecule has 21 heavy (non-hydrogen) atoms. The third kappa shape index (κ3) is 3.13. The van der Waals surface area contributed by atoms with Gasteiger partial charge in [0.25, 0.3) is 5.91 Å². The predicted octanol–water partition coefficient (Wildman–Crippen LogP) is 1.65. The lowest BCUT2D eigenvalue weighted by Crippen LogP contribution is -2.22. The maximum atomic E-state index is 12.2. The number of aromatic nitrogens is 2. The second-order valence-electron chi connectivity index (χ2n) is 4.95. The maximum Gasteiger partial charge on any atom is 0.265 e. The van der Waals surface area contributed by atoms with Gasteiger partial charge < -0.3 is 16.0 Å². The topological polar surface area (TPSA) is 84.1 Å². The highest BCUT2D eigenvalue weighted by Gasteiger charge is 2.21. The van der Waals surface area contributed by atoms with E-state index in [4.69, 9.17) is 5.73 Å². The Morgan fingerprint density at radius 2 is 2.24 bits per heavy atom. The van der Waals surface area contributed by atoms with E-state index < -0.39 is 0 Å². The van der Waals surface area contributed by atoms with E-state index >= 15 is 0 Å². The van der Waals surface area contributed by atoms with Gasteiger partial charge in [0.2, 0.25) is 0 Å². The number of nitrogens with one attached hydrogen (secondary N) is 1. The summed E-state index contributed by atoms with van der Waals surface area (Å²) < 4.78 is 0. The first kappa shape index (κ1) is 13.8. The summed E-state index contributed by atoms with van der Waals surface area (Å²) in [5, 5.41) is 3.70. The van der Waals surface area contributed by atoms with E-state index in [1.807, 2.05) is 12.1 Å². The van der Waals surface area contributed by atoms with Crippen LogP contribution >= 0.6 is 11.3 Å². The van der Waals surface area contributed by atoms with Crippen LogP contribution in [-0.2, 0) is 6.54 Å². The van der Waals surface area contributed by atoms with E-state index in [-0.39, 0.29) is 5.91 Å². The lowest BCUT2D eigenvalue weighted by molar-refractivity contribution is 0.0955. The van der Waals surface area contributed by atoms with Gasteiger partial charge in [-0.1, -0.05) is 17.4 Å². The fourth-order valence-electron chi connectivity index (χ4n) is 2.29. The Bertz CT molecular complexity index is 622. The maximum absolute atomic E-state index is 12.2. The van der Waals surface area contributed by atoms with Gasteiger partial charge in [-0.15, -0.1) is 0 Å². The summed E-state index contributed by atoms with van der Waals surface area (Å²) >= 11 is 1.36. The Morgan fingerprint density at radius 3 is 2.95 bits per heavy atom. The zero-order valence-corrected chi connectivity index (χ0v) is 12.4. The van der Waals surface area contributed by atoms with Gasteiger partial charge in [-0.2, -0.15) is 0 Å². The molecule has 6 nitrogen and oxygen atoms in total. The van der Waals surface area contributed by atoms with Crippen molar-refractivity contribution >= 4 is 28.2 Å². The van der Waals surface area contributed by atoms with Crippen molar-refractivity contribution in [3.05, 3.63) is 35.0 Å². The fourth-order valence-corrected chi connectivity index (χ4v) is 3.25. The second kappa shape index (κ2) is 6.09. The molecule has 1 fully saturated rings. The number of carbonyl (C=O) groups excluding carboxylic acids is 1. The van der Waals surface area contributed by atoms with Crippen LogP contribution in [0, 0.1) is 0 Å². The first-order valence-corrected chi connectivity index (χ1v) is 7.74. The molecule has 3 N–H and O–H groups in total. The van der Waals surface area contributed by atoms with E-state index in [1.165, 1.54) is 24.2 Å². The summed E-state index contributed by atoms with van der Waals surface area (Å²) in [7, 11) is 0. The van der Waals surface area contributed by atoms with E-state index in [0.717, 1.165) is 23.8 Å². The largest absolute Gasteiger partial charge is 0.382 e. The zero-order valence-electron chi connectivity index (χ0n) is 11.6. The highest BCUT2D eigenvalue weighted by molar-refractivity contribution is 7.18. The Labute approximate surface area is 127 Å². The quantitative estimate of drug-likeness (QED) is 0.897. The molecule has 0 aliphatic carbocycles. The van der Waals surface area contributed by atoms with E-state index in [1.54, 1.807) is 12.4 Å². The number of nitrogens with two attached hydrogens (primary N) is 1. The van der Waals surface area contributed by atoms with Crippen LogP contribution < -0.4 is 16.0 Å². The van der Waals surface area contributed by atoms with Gasteiger partial charge in [0.1, 0.15) is 10.7 Å². The molecular weight excluding hydrogens is 286 g/mol. The smallest absolute Gasteiger partial charge is 0.265 e. The molecule has 2 aromatic rings. The minimum Gasteiger partial charge on any atom is -0.382 e. The number of hydrogen-bond donors (Lipinski definition) is 2. The first-order valence-electron chi connectivity index (χ1n) is 6.92. The van der Waals surface area contributed by atoms with Gasteiger partial charge in [0.15, 0.2) is 5.13 Å². The molecule has 1 aliphatic heterocycles. The molecule has 0 atom stereocenters. The average molecular weight is 303 g/mol. The molecule has 1 saturated heterocycles. The van der Waals surface area contributed by atoms with Gasteiger partial charge in [0, 0.05) is 32.0 Å². The van der Waals surface area contributed by atoms with E-state index in [2.05, 4.69) is 20.2 Å². The molecule has 0 saturated carbocycles. The lowest BCUT2D eigenvalue weighted by Gasteiger charge is -2.11. The average Bonchev–Trinajstić information content (AvgIpc) is 3.15. The molecule has 0 aromatic carbocycles. The predicted molar refractivity (Wildman–Crippen MR) is 83.4 cm³/mol. The highest BCUT2D eigenvalue weighted by Crippen LogP contribution is 2.30. The Hall–Kier alpha value is -2.15. The van der Waals surface area contributed by atoms with Crippen molar-refractivity contribution in [2.45, 2.75) is 19.4 Å². The van der Waals surface area contributed by atoms with Crippen LogP contribution in [-0.4, -0.2) is 29.0 Å². The molecule has 0 bridgehead atoms. The summed E-state index contributed by atoms with van der Waals surface area (Å²) in [5.74, 6) is 0.130. The summed E-state index contributed by atoms with van der Waals surface area (Å²) in [6.45, 7) is 2.41. The van der Waals surface area contributed by atoms with E-state index in [9.17, 15) is 4.79 Å². The number of anilines is 2. The standard InChI is InChI=1S/C14H17N5OS/c15-12-11(21-14(18-12)19-6-1-2-7-19)13(20)17-9-10-4-3-5-16-8-10/h3-5,8H,1-2,6-7,9,15H2,(H,17,20). The Kier molecular flexibility index (Phi) is 4.01. The molecule has 0 spiro atoms. The van der Waals surface area contributed by atoms with Gasteiger partial charge in [-0.25, -0.2) is 4.98 Å². The van der Waals surface area contributed by atoms with Gasteiger partial charge >= 0.3 is 0 Å². The van der Waals surface area contributed by atoms with Gasteiger partial charge in [0.05, 0.1) is 0 Å². The normalized spacial score (nSPS) is 14.4. The molecule has 1 amide bonds. The van der Waals surface area contributed by atoms with Crippen molar-refractivity contribution in [2.24, 2.45) is 0 Å². The molecule has 7 heteroatoms. The van der Waals surface area contributed by atoms with Crippen molar-refractivity contribution in [1.29, 1.82) is 0 Å². The molecular formula is C14H17N5OS. The molecule has 110 valence electrons. The Balaban J connectivity index is 1.67. The summed E-state index contributed by atoms with van der Waals surface area (Å²) in [6.07, 6.45) is 5.77. The van der Waals surface area contributed by atoms with Crippen molar-refractivity contribution in [3.63, 3.8) is 0 Å².